The van der Waals surface area contributed by atoms with Crippen LogP contribution in [-0.4, -0.2) is 12.1 Å². The van der Waals surface area contributed by atoms with Gasteiger partial charge in [-0.1, -0.05) is 22.0 Å². The molecule has 0 radical (unpaired) electrons. The van der Waals surface area contributed by atoms with E-state index in [1.54, 1.807) is 6.08 Å². The van der Waals surface area contributed by atoms with Gasteiger partial charge in [0.1, 0.15) is 10.6 Å². The van der Waals surface area contributed by atoms with E-state index in [0.29, 0.717) is 10.9 Å². The molecule has 0 fully saturated rings. The number of hydrogen-bond acceptors (Lipinski definition) is 2. The van der Waals surface area contributed by atoms with E-state index in [2.05, 4.69) is 38.4 Å². The van der Waals surface area contributed by atoms with Gasteiger partial charge in [0.25, 0.3) is 0 Å². The Labute approximate surface area is 81.6 Å². The van der Waals surface area contributed by atoms with Crippen LogP contribution in [0.2, 0.25) is 0 Å². The van der Waals surface area contributed by atoms with Crippen LogP contribution in [0.5, 0.6) is 0 Å². The van der Waals surface area contributed by atoms with E-state index in [1.165, 1.54) is 0 Å². The highest BCUT2D eigenvalue weighted by Crippen LogP contribution is 2.32. The Bertz CT molecular complexity index is 233. The third-order valence-electron chi connectivity index (χ3n) is 1.30. The zero-order chi connectivity index (χ0) is 8.43. The highest BCUT2D eigenvalue weighted by atomic mass is 79.9. The minimum atomic E-state index is -0.316. The Balaban J connectivity index is 2.76. The highest BCUT2D eigenvalue weighted by Gasteiger charge is 2.29. The SMILES string of the molecule is C=CCC1OC(=O)C(Br)=C1Br. The molecule has 1 unspecified atom stereocenters. The molecule has 0 aromatic carbocycles. The lowest BCUT2D eigenvalue weighted by molar-refractivity contribution is -0.138. The third-order valence-corrected chi connectivity index (χ3v) is 3.49. The second kappa shape index (κ2) is 3.54. The number of carbonyl (C=O) groups excluding carboxylic acids is 1. The minimum absolute atomic E-state index is 0.186. The molecule has 0 aromatic heterocycles. The molecule has 0 saturated heterocycles. The summed E-state index contributed by atoms with van der Waals surface area (Å²) in [5.41, 5.74) is 0. The van der Waals surface area contributed by atoms with Crippen LogP contribution in [0.25, 0.3) is 0 Å². The van der Waals surface area contributed by atoms with Crippen LogP contribution in [0, 0.1) is 0 Å². The first-order valence-corrected chi connectivity index (χ1v) is 4.62. The lowest BCUT2D eigenvalue weighted by atomic mass is 10.2. The van der Waals surface area contributed by atoms with E-state index in [1.807, 2.05) is 0 Å². The van der Waals surface area contributed by atoms with Crippen LogP contribution >= 0.6 is 31.9 Å². The molecule has 0 saturated carbocycles. The van der Waals surface area contributed by atoms with Gasteiger partial charge in [-0.25, -0.2) is 4.79 Å². The molecule has 0 aliphatic carbocycles. The third kappa shape index (κ3) is 1.73. The van der Waals surface area contributed by atoms with Gasteiger partial charge in [-0.2, -0.15) is 0 Å². The van der Waals surface area contributed by atoms with Crippen LogP contribution in [0.3, 0.4) is 0 Å². The van der Waals surface area contributed by atoms with Crippen LogP contribution in [-0.2, 0) is 9.53 Å². The predicted molar refractivity (Wildman–Crippen MR) is 49.6 cm³/mol. The Hall–Kier alpha value is -0.0900. The van der Waals surface area contributed by atoms with Crippen molar-refractivity contribution < 1.29 is 9.53 Å². The van der Waals surface area contributed by atoms with E-state index >= 15 is 0 Å². The summed E-state index contributed by atoms with van der Waals surface area (Å²) in [6, 6.07) is 0. The van der Waals surface area contributed by atoms with Crippen molar-refractivity contribution >= 4 is 37.8 Å². The van der Waals surface area contributed by atoms with Gasteiger partial charge in [-0.3, -0.25) is 0 Å². The van der Waals surface area contributed by atoms with Crippen molar-refractivity contribution in [3.05, 3.63) is 21.6 Å². The Morgan fingerprint density at radius 3 is 2.64 bits per heavy atom. The van der Waals surface area contributed by atoms with Gasteiger partial charge in [-0.15, -0.1) is 6.58 Å². The standard InChI is InChI=1S/C7H6Br2O2/c1-2-3-4-5(8)6(9)7(10)11-4/h2,4H,1,3H2. The number of hydrogen-bond donors (Lipinski definition) is 0. The molecule has 0 spiro atoms. The fraction of sp³-hybridized carbons (Fsp3) is 0.286. The molecular weight excluding hydrogens is 276 g/mol. The fourth-order valence-electron chi connectivity index (χ4n) is 0.774. The normalized spacial score (nSPS) is 23.8. The summed E-state index contributed by atoms with van der Waals surface area (Å²) < 4.78 is 6.19. The van der Waals surface area contributed by atoms with E-state index in [4.69, 9.17) is 4.74 Å². The van der Waals surface area contributed by atoms with Crippen LogP contribution in [0.4, 0.5) is 0 Å². The predicted octanol–water partition coefficient (Wildman–Crippen LogP) is 2.49. The Morgan fingerprint density at radius 1 is 1.64 bits per heavy atom. The van der Waals surface area contributed by atoms with Gasteiger partial charge in [0.05, 0.1) is 4.48 Å². The van der Waals surface area contributed by atoms with Gasteiger partial charge < -0.3 is 4.74 Å². The number of carbonyl (C=O) groups is 1. The second-order valence-corrected chi connectivity index (χ2v) is 3.73. The first kappa shape index (κ1) is 9.00. The molecule has 0 N–H and O–H groups in total. The minimum Gasteiger partial charge on any atom is -0.453 e. The smallest absolute Gasteiger partial charge is 0.346 e. The van der Waals surface area contributed by atoms with Crippen LogP contribution in [0.15, 0.2) is 21.6 Å². The van der Waals surface area contributed by atoms with Crippen LogP contribution in [0.1, 0.15) is 6.42 Å². The molecule has 1 aliphatic rings. The van der Waals surface area contributed by atoms with Crippen LogP contribution < -0.4 is 0 Å². The quantitative estimate of drug-likeness (QED) is 0.574. The number of esters is 1. The molecule has 1 atom stereocenters. The maximum Gasteiger partial charge on any atom is 0.346 e. The zero-order valence-electron chi connectivity index (χ0n) is 5.64. The Morgan fingerprint density at radius 2 is 2.27 bits per heavy atom. The maximum atomic E-state index is 10.9. The molecule has 2 nitrogen and oxygen atoms in total. The van der Waals surface area contributed by atoms with Gasteiger partial charge in [0.2, 0.25) is 0 Å². The number of ether oxygens (including phenoxy) is 1. The van der Waals surface area contributed by atoms with Gasteiger partial charge in [0, 0.05) is 6.42 Å². The zero-order valence-corrected chi connectivity index (χ0v) is 8.81. The first-order chi connectivity index (χ1) is 5.16. The summed E-state index contributed by atoms with van der Waals surface area (Å²) in [5, 5.41) is 0. The number of cyclic esters (lactones) is 1. The highest BCUT2D eigenvalue weighted by molar-refractivity contribution is 9.14. The summed E-state index contributed by atoms with van der Waals surface area (Å²) in [6.45, 7) is 3.56. The summed E-state index contributed by atoms with van der Waals surface area (Å²) in [5.74, 6) is -0.316. The molecule has 0 bridgehead atoms. The van der Waals surface area contributed by atoms with E-state index < -0.39 is 0 Å². The molecule has 11 heavy (non-hydrogen) atoms. The first-order valence-electron chi connectivity index (χ1n) is 3.04. The molecule has 0 amide bonds. The fourth-order valence-corrected chi connectivity index (χ4v) is 1.57. The summed E-state index contributed by atoms with van der Waals surface area (Å²) in [7, 11) is 0. The molecule has 60 valence electrons. The molecule has 1 aliphatic heterocycles. The summed E-state index contributed by atoms with van der Waals surface area (Å²) >= 11 is 6.35. The topological polar surface area (TPSA) is 26.3 Å². The molecule has 1 rings (SSSR count). The average molecular weight is 282 g/mol. The van der Waals surface area contributed by atoms with Crippen molar-refractivity contribution in [2.45, 2.75) is 12.5 Å². The maximum absolute atomic E-state index is 10.9. The van der Waals surface area contributed by atoms with Gasteiger partial charge in [0.15, 0.2) is 0 Å². The molecule has 4 heteroatoms. The monoisotopic (exact) mass is 280 g/mol. The second-order valence-electron chi connectivity index (χ2n) is 2.08. The van der Waals surface area contributed by atoms with E-state index in [0.717, 1.165) is 4.48 Å². The number of halogens is 2. The van der Waals surface area contributed by atoms with Crippen molar-refractivity contribution in [2.24, 2.45) is 0 Å². The van der Waals surface area contributed by atoms with Crippen molar-refractivity contribution in [1.82, 2.24) is 0 Å². The molecule has 0 aromatic rings. The molecule has 1 heterocycles. The van der Waals surface area contributed by atoms with Gasteiger partial charge in [-0.05, 0) is 15.9 Å². The van der Waals surface area contributed by atoms with Crippen molar-refractivity contribution in [3.8, 4) is 0 Å². The van der Waals surface area contributed by atoms with Crippen molar-refractivity contribution in [1.29, 1.82) is 0 Å². The van der Waals surface area contributed by atoms with E-state index in [9.17, 15) is 4.79 Å². The van der Waals surface area contributed by atoms with E-state index in [-0.39, 0.29) is 12.1 Å². The Kier molecular flexibility index (Phi) is 2.90. The summed E-state index contributed by atoms with van der Waals surface area (Å²) in [4.78, 5) is 10.9. The molecular formula is C7H6Br2O2. The lowest BCUT2D eigenvalue weighted by Gasteiger charge is -2.05. The summed E-state index contributed by atoms with van der Waals surface area (Å²) in [6.07, 6.45) is 2.17. The number of rotatable bonds is 2. The largest absolute Gasteiger partial charge is 0.453 e. The lowest BCUT2D eigenvalue weighted by Crippen LogP contribution is -2.07. The average Bonchev–Trinajstić information content (AvgIpc) is 2.19. The van der Waals surface area contributed by atoms with Gasteiger partial charge >= 0.3 is 5.97 Å². The van der Waals surface area contributed by atoms with Crippen molar-refractivity contribution in [2.75, 3.05) is 0 Å². The van der Waals surface area contributed by atoms with Crippen molar-refractivity contribution in [3.63, 3.8) is 0 Å².